The van der Waals surface area contributed by atoms with Crippen LogP contribution < -0.4 is 14.8 Å². The van der Waals surface area contributed by atoms with Gasteiger partial charge in [0, 0.05) is 20.2 Å². The molecule has 0 aliphatic heterocycles. The standard InChI is InChI=1S/C18H14Br2N2O3/c1-24-16-9-14(20)8-11(17(16)25-2)7-12(10-21)18(23)22-15-5-3-13(19)4-6-15/h3-9H,1-2H3,(H,22,23)/b12-7-. The molecule has 0 bridgehead atoms. The minimum atomic E-state index is -0.509. The van der Waals surface area contributed by atoms with E-state index in [0.717, 1.165) is 8.95 Å². The highest BCUT2D eigenvalue weighted by Crippen LogP contribution is 2.35. The summed E-state index contributed by atoms with van der Waals surface area (Å²) >= 11 is 6.70. The highest BCUT2D eigenvalue weighted by Gasteiger charge is 2.14. The number of benzene rings is 2. The molecule has 128 valence electrons. The van der Waals surface area contributed by atoms with Crippen molar-refractivity contribution in [3.05, 3.63) is 56.5 Å². The Hall–Kier alpha value is -2.30. The lowest BCUT2D eigenvalue weighted by molar-refractivity contribution is -0.112. The molecule has 0 radical (unpaired) electrons. The van der Waals surface area contributed by atoms with Crippen LogP contribution in [0.1, 0.15) is 5.56 Å². The van der Waals surface area contributed by atoms with Crippen LogP contribution in [0.15, 0.2) is 50.9 Å². The summed E-state index contributed by atoms with van der Waals surface area (Å²) in [5, 5.41) is 12.1. The Morgan fingerprint density at radius 2 is 1.80 bits per heavy atom. The summed E-state index contributed by atoms with van der Waals surface area (Å²) in [5.41, 5.74) is 1.09. The Balaban J connectivity index is 2.37. The minimum Gasteiger partial charge on any atom is -0.493 e. The number of amides is 1. The number of anilines is 1. The molecule has 0 aliphatic carbocycles. The molecule has 0 spiro atoms. The average Bonchev–Trinajstić information content (AvgIpc) is 2.60. The molecule has 2 rings (SSSR count). The largest absolute Gasteiger partial charge is 0.493 e. The number of hydrogen-bond donors (Lipinski definition) is 1. The Labute approximate surface area is 162 Å². The van der Waals surface area contributed by atoms with Gasteiger partial charge in [-0.15, -0.1) is 0 Å². The summed E-state index contributed by atoms with van der Waals surface area (Å²) < 4.78 is 12.2. The van der Waals surface area contributed by atoms with Crippen molar-refractivity contribution < 1.29 is 14.3 Å². The molecule has 0 atom stereocenters. The number of carbonyl (C=O) groups is 1. The monoisotopic (exact) mass is 464 g/mol. The van der Waals surface area contributed by atoms with Gasteiger partial charge in [0.1, 0.15) is 11.6 Å². The first-order valence-electron chi connectivity index (χ1n) is 7.08. The van der Waals surface area contributed by atoms with Crippen LogP contribution in [-0.2, 0) is 4.79 Å². The van der Waals surface area contributed by atoms with Crippen molar-refractivity contribution in [1.82, 2.24) is 0 Å². The van der Waals surface area contributed by atoms with Gasteiger partial charge in [0.2, 0.25) is 0 Å². The summed E-state index contributed by atoms with van der Waals surface area (Å²) in [6.45, 7) is 0. The third-order valence-corrected chi connectivity index (χ3v) is 4.23. The molecule has 7 heteroatoms. The lowest BCUT2D eigenvalue weighted by Gasteiger charge is -2.12. The number of ether oxygens (including phenoxy) is 2. The number of nitriles is 1. The van der Waals surface area contributed by atoms with Crippen molar-refractivity contribution in [3.63, 3.8) is 0 Å². The highest BCUT2D eigenvalue weighted by atomic mass is 79.9. The number of halogens is 2. The zero-order chi connectivity index (χ0) is 18.4. The number of nitrogens with one attached hydrogen (secondary N) is 1. The van der Waals surface area contributed by atoms with Crippen molar-refractivity contribution in [3.8, 4) is 17.6 Å². The number of methoxy groups -OCH3 is 2. The van der Waals surface area contributed by atoms with Gasteiger partial charge in [-0.05, 0) is 42.5 Å². The Bertz CT molecular complexity index is 856. The molecular weight excluding hydrogens is 452 g/mol. The van der Waals surface area contributed by atoms with Crippen LogP contribution in [0.2, 0.25) is 0 Å². The van der Waals surface area contributed by atoms with Crippen LogP contribution >= 0.6 is 31.9 Å². The van der Waals surface area contributed by atoms with Gasteiger partial charge in [-0.3, -0.25) is 4.79 Å². The average molecular weight is 466 g/mol. The van der Waals surface area contributed by atoms with E-state index in [0.29, 0.717) is 22.7 Å². The van der Waals surface area contributed by atoms with E-state index in [9.17, 15) is 10.1 Å². The Kier molecular flexibility index (Phi) is 6.62. The zero-order valence-corrected chi connectivity index (χ0v) is 16.6. The van der Waals surface area contributed by atoms with E-state index in [1.54, 1.807) is 36.4 Å². The predicted molar refractivity (Wildman–Crippen MR) is 104 cm³/mol. The summed E-state index contributed by atoms with van der Waals surface area (Å²) in [6.07, 6.45) is 1.46. The van der Waals surface area contributed by atoms with Gasteiger partial charge in [0.05, 0.1) is 14.2 Å². The second-order valence-electron chi connectivity index (χ2n) is 4.86. The number of nitrogens with zero attached hydrogens (tertiary/aromatic N) is 1. The van der Waals surface area contributed by atoms with Gasteiger partial charge in [-0.2, -0.15) is 5.26 Å². The highest BCUT2D eigenvalue weighted by molar-refractivity contribution is 9.10. The molecule has 1 amide bonds. The lowest BCUT2D eigenvalue weighted by atomic mass is 10.1. The third-order valence-electron chi connectivity index (χ3n) is 3.24. The number of hydrogen-bond acceptors (Lipinski definition) is 4. The van der Waals surface area contributed by atoms with Crippen molar-refractivity contribution in [2.24, 2.45) is 0 Å². The first kappa shape index (κ1) is 19.0. The molecule has 2 aromatic rings. The fourth-order valence-corrected chi connectivity index (χ4v) is 2.82. The van der Waals surface area contributed by atoms with Crippen LogP contribution in [0.3, 0.4) is 0 Å². The molecule has 0 aliphatic rings. The van der Waals surface area contributed by atoms with Gasteiger partial charge < -0.3 is 14.8 Å². The molecule has 2 aromatic carbocycles. The van der Waals surface area contributed by atoms with Gasteiger partial charge >= 0.3 is 0 Å². The maximum Gasteiger partial charge on any atom is 0.266 e. The van der Waals surface area contributed by atoms with Gasteiger partial charge in [-0.1, -0.05) is 31.9 Å². The maximum atomic E-state index is 12.4. The molecule has 0 unspecified atom stereocenters. The van der Waals surface area contributed by atoms with Gasteiger partial charge in [-0.25, -0.2) is 0 Å². The Morgan fingerprint density at radius 3 is 2.36 bits per heavy atom. The fourth-order valence-electron chi connectivity index (χ4n) is 2.10. The van der Waals surface area contributed by atoms with Crippen molar-refractivity contribution in [2.75, 3.05) is 19.5 Å². The molecular formula is C18H14Br2N2O3. The van der Waals surface area contributed by atoms with Crippen LogP contribution in [0.4, 0.5) is 5.69 Å². The lowest BCUT2D eigenvalue weighted by Crippen LogP contribution is -2.13. The van der Waals surface area contributed by atoms with E-state index in [-0.39, 0.29) is 5.57 Å². The van der Waals surface area contributed by atoms with Crippen molar-refractivity contribution in [1.29, 1.82) is 5.26 Å². The quantitative estimate of drug-likeness (QED) is 0.509. The van der Waals surface area contributed by atoms with E-state index in [2.05, 4.69) is 37.2 Å². The molecule has 1 N–H and O–H groups in total. The summed E-state index contributed by atoms with van der Waals surface area (Å²) in [4.78, 5) is 12.4. The topological polar surface area (TPSA) is 71.3 Å². The van der Waals surface area contributed by atoms with Gasteiger partial charge in [0.15, 0.2) is 11.5 Å². The normalized spacial score (nSPS) is 10.8. The smallest absolute Gasteiger partial charge is 0.266 e. The van der Waals surface area contributed by atoms with Crippen LogP contribution in [0, 0.1) is 11.3 Å². The van der Waals surface area contributed by atoms with Crippen LogP contribution in [0.5, 0.6) is 11.5 Å². The van der Waals surface area contributed by atoms with E-state index in [4.69, 9.17) is 9.47 Å². The summed E-state index contributed by atoms with van der Waals surface area (Å²) in [5.74, 6) is 0.425. The van der Waals surface area contributed by atoms with Gasteiger partial charge in [0.25, 0.3) is 5.91 Å². The SMILES string of the molecule is COc1cc(Br)cc(/C=C(/C#N)C(=O)Nc2ccc(Br)cc2)c1OC. The molecule has 0 heterocycles. The van der Waals surface area contributed by atoms with Crippen molar-refractivity contribution >= 4 is 49.5 Å². The van der Waals surface area contributed by atoms with Crippen molar-refractivity contribution in [2.45, 2.75) is 0 Å². The summed E-state index contributed by atoms with van der Waals surface area (Å²) in [7, 11) is 3.01. The second kappa shape index (κ2) is 8.70. The van der Waals surface area contributed by atoms with E-state index in [1.807, 2.05) is 6.07 Å². The third kappa shape index (κ3) is 4.84. The molecule has 5 nitrogen and oxygen atoms in total. The molecule has 0 saturated carbocycles. The predicted octanol–water partition coefficient (Wildman–Crippen LogP) is 4.77. The first-order valence-corrected chi connectivity index (χ1v) is 8.67. The second-order valence-corrected chi connectivity index (χ2v) is 6.69. The van der Waals surface area contributed by atoms with E-state index in [1.165, 1.54) is 20.3 Å². The Morgan fingerprint density at radius 1 is 1.12 bits per heavy atom. The fraction of sp³-hybridized carbons (Fsp3) is 0.111. The molecule has 0 saturated heterocycles. The maximum absolute atomic E-state index is 12.4. The molecule has 0 fully saturated rings. The van der Waals surface area contributed by atoms with Crippen LogP contribution in [-0.4, -0.2) is 20.1 Å². The summed E-state index contributed by atoms with van der Waals surface area (Å²) in [6, 6.07) is 12.5. The van der Waals surface area contributed by atoms with Crippen LogP contribution in [0.25, 0.3) is 6.08 Å². The van der Waals surface area contributed by atoms with E-state index < -0.39 is 5.91 Å². The number of rotatable bonds is 5. The number of carbonyl (C=O) groups excluding carboxylic acids is 1. The molecule has 0 aromatic heterocycles. The van der Waals surface area contributed by atoms with E-state index >= 15 is 0 Å². The molecule has 25 heavy (non-hydrogen) atoms. The first-order chi connectivity index (χ1) is 12.0. The zero-order valence-electron chi connectivity index (χ0n) is 13.5. The minimum absolute atomic E-state index is 0.0543.